The van der Waals surface area contributed by atoms with Gasteiger partial charge in [0.15, 0.2) is 11.6 Å². The Bertz CT molecular complexity index is 977. The number of ketones is 2. The summed E-state index contributed by atoms with van der Waals surface area (Å²) in [5.41, 5.74) is 7.41. The largest absolute Gasteiger partial charge is 0.457 e. The van der Waals surface area contributed by atoms with Crippen molar-refractivity contribution in [3.63, 3.8) is 0 Å². The van der Waals surface area contributed by atoms with Crippen LogP contribution in [0.2, 0.25) is 0 Å². The Morgan fingerprint density at radius 1 is 0.667 bits per heavy atom. The summed E-state index contributed by atoms with van der Waals surface area (Å²) in [6.07, 6.45) is 0. The molecule has 0 bridgehead atoms. The molecule has 0 saturated carbocycles. The number of nitrogen functional groups attached to an aromatic ring is 1. The maximum absolute atomic E-state index is 12.9. The summed E-state index contributed by atoms with van der Waals surface area (Å²) < 4.78 is 5.84. The van der Waals surface area contributed by atoms with Crippen molar-refractivity contribution in [1.29, 1.82) is 0 Å². The van der Waals surface area contributed by atoms with Gasteiger partial charge in [-0.1, -0.05) is 42.5 Å². The normalized spacial score (nSPS) is 12.5. The molecule has 116 valence electrons. The highest BCUT2D eigenvalue weighted by molar-refractivity contribution is 6.30. The van der Waals surface area contributed by atoms with Crippen LogP contribution >= 0.6 is 0 Å². The molecule has 1 aliphatic rings. The highest BCUT2D eigenvalue weighted by Crippen LogP contribution is 2.36. The van der Waals surface area contributed by atoms with Crippen LogP contribution in [0.5, 0.6) is 11.5 Å². The second-order valence-electron chi connectivity index (χ2n) is 5.52. The molecule has 0 amide bonds. The first-order valence-corrected chi connectivity index (χ1v) is 7.50. The van der Waals surface area contributed by atoms with Crippen molar-refractivity contribution in [2.45, 2.75) is 0 Å². The number of fused-ring (bicyclic) bond motifs is 2. The molecule has 4 heteroatoms. The molecule has 0 unspecified atom stereocenters. The zero-order valence-electron chi connectivity index (χ0n) is 12.7. The third kappa shape index (κ3) is 2.08. The van der Waals surface area contributed by atoms with Gasteiger partial charge in [-0.05, 0) is 24.3 Å². The predicted molar refractivity (Wildman–Crippen MR) is 90.7 cm³/mol. The van der Waals surface area contributed by atoms with Crippen molar-refractivity contribution in [3.8, 4) is 11.5 Å². The van der Waals surface area contributed by atoms with Gasteiger partial charge >= 0.3 is 0 Å². The lowest BCUT2D eigenvalue weighted by molar-refractivity contribution is 0.0977. The summed E-state index contributed by atoms with van der Waals surface area (Å²) >= 11 is 0. The molecule has 0 spiro atoms. The monoisotopic (exact) mass is 315 g/mol. The van der Waals surface area contributed by atoms with Gasteiger partial charge in [-0.25, -0.2) is 0 Å². The molecule has 3 aromatic rings. The van der Waals surface area contributed by atoms with Crippen LogP contribution in [0.25, 0.3) is 0 Å². The quantitative estimate of drug-likeness (QED) is 0.571. The highest BCUT2D eigenvalue weighted by atomic mass is 16.5. The SMILES string of the molecule is Nc1cccc2c1C(=O)c1cccc(Oc3ccccc3)c1C2=O. The third-order valence-corrected chi connectivity index (χ3v) is 4.04. The van der Waals surface area contributed by atoms with E-state index in [0.717, 1.165) is 0 Å². The maximum atomic E-state index is 12.9. The molecule has 0 atom stereocenters. The molecular weight excluding hydrogens is 302 g/mol. The molecule has 24 heavy (non-hydrogen) atoms. The summed E-state index contributed by atoms with van der Waals surface area (Å²) in [6, 6.07) is 19.1. The van der Waals surface area contributed by atoms with Crippen molar-refractivity contribution in [2.24, 2.45) is 0 Å². The average Bonchev–Trinajstić information content (AvgIpc) is 2.60. The van der Waals surface area contributed by atoms with E-state index in [1.165, 1.54) is 0 Å². The second-order valence-corrected chi connectivity index (χ2v) is 5.52. The summed E-state index contributed by atoms with van der Waals surface area (Å²) in [5, 5.41) is 0. The topological polar surface area (TPSA) is 69.4 Å². The number of rotatable bonds is 2. The fourth-order valence-corrected chi connectivity index (χ4v) is 2.94. The minimum Gasteiger partial charge on any atom is -0.457 e. The fourth-order valence-electron chi connectivity index (χ4n) is 2.94. The van der Waals surface area contributed by atoms with E-state index in [9.17, 15) is 9.59 Å². The molecule has 1 aliphatic carbocycles. The molecular formula is C20H13NO3. The summed E-state index contributed by atoms with van der Waals surface area (Å²) in [4.78, 5) is 25.7. The van der Waals surface area contributed by atoms with Gasteiger partial charge in [0.1, 0.15) is 11.5 Å². The Kier molecular flexibility index (Phi) is 3.17. The zero-order valence-corrected chi connectivity index (χ0v) is 12.7. The van der Waals surface area contributed by atoms with Crippen LogP contribution in [0.15, 0.2) is 66.7 Å². The van der Waals surface area contributed by atoms with Crippen molar-refractivity contribution in [2.75, 3.05) is 5.73 Å². The summed E-state index contributed by atoms with van der Waals surface area (Å²) in [5.74, 6) is 0.462. The number of carbonyl (C=O) groups excluding carboxylic acids is 2. The van der Waals surface area contributed by atoms with Crippen LogP contribution in [-0.4, -0.2) is 11.6 Å². The van der Waals surface area contributed by atoms with Gasteiger partial charge in [-0.3, -0.25) is 9.59 Å². The standard InChI is InChI=1S/C20H13NO3/c21-15-10-4-8-13-17(15)19(22)14-9-5-11-16(18(14)20(13)23)24-12-6-2-1-3-7-12/h1-11H,21H2. The maximum Gasteiger partial charge on any atom is 0.198 e. The number of nitrogens with two attached hydrogens (primary N) is 1. The Hall–Kier alpha value is -3.40. The van der Waals surface area contributed by atoms with Crippen LogP contribution in [-0.2, 0) is 0 Å². The number of para-hydroxylation sites is 1. The zero-order chi connectivity index (χ0) is 16.7. The highest BCUT2D eigenvalue weighted by Gasteiger charge is 2.33. The lowest BCUT2D eigenvalue weighted by Gasteiger charge is -2.21. The van der Waals surface area contributed by atoms with E-state index < -0.39 is 0 Å². The molecule has 0 radical (unpaired) electrons. The van der Waals surface area contributed by atoms with Crippen LogP contribution in [0.4, 0.5) is 5.69 Å². The van der Waals surface area contributed by atoms with Crippen LogP contribution in [0.1, 0.15) is 31.8 Å². The summed E-state index contributed by atoms with van der Waals surface area (Å²) in [6.45, 7) is 0. The molecule has 4 rings (SSSR count). The molecule has 0 aromatic heterocycles. The smallest absolute Gasteiger partial charge is 0.198 e. The van der Waals surface area contributed by atoms with E-state index in [0.29, 0.717) is 28.3 Å². The van der Waals surface area contributed by atoms with E-state index in [2.05, 4.69) is 0 Å². The van der Waals surface area contributed by atoms with Gasteiger partial charge < -0.3 is 10.5 Å². The van der Waals surface area contributed by atoms with E-state index in [4.69, 9.17) is 10.5 Å². The van der Waals surface area contributed by atoms with Crippen molar-refractivity contribution >= 4 is 17.3 Å². The first kappa shape index (κ1) is 14.2. The second kappa shape index (κ2) is 5.35. The molecule has 2 N–H and O–H groups in total. The molecule has 0 aliphatic heterocycles. The van der Waals surface area contributed by atoms with Gasteiger partial charge in [0.2, 0.25) is 0 Å². The molecule has 4 nitrogen and oxygen atoms in total. The van der Waals surface area contributed by atoms with Crippen molar-refractivity contribution < 1.29 is 14.3 Å². The van der Waals surface area contributed by atoms with E-state index in [-0.39, 0.29) is 22.7 Å². The minimum atomic E-state index is -0.254. The van der Waals surface area contributed by atoms with Crippen molar-refractivity contribution in [3.05, 3.63) is 89.0 Å². The molecule has 0 heterocycles. The van der Waals surface area contributed by atoms with E-state index in [1.54, 1.807) is 48.5 Å². The lowest BCUT2D eigenvalue weighted by atomic mass is 9.83. The fraction of sp³-hybridized carbons (Fsp3) is 0. The van der Waals surface area contributed by atoms with Crippen LogP contribution < -0.4 is 10.5 Å². The van der Waals surface area contributed by atoms with Gasteiger partial charge in [-0.15, -0.1) is 0 Å². The van der Waals surface area contributed by atoms with Gasteiger partial charge in [0, 0.05) is 16.8 Å². The van der Waals surface area contributed by atoms with Gasteiger partial charge in [0.05, 0.1) is 11.1 Å². The number of anilines is 1. The number of ether oxygens (including phenoxy) is 1. The van der Waals surface area contributed by atoms with E-state index in [1.807, 2.05) is 18.2 Å². The number of hydrogen-bond acceptors (Lipinski definition) is 4. The molecule has 0 fully saturated rings. The Morgan fingerprint density at radius 2 is 1.29 bits per heavy atom. The number of benzene rings is 3. The van der Waals surface area contributed by atoms with Gasteiger partial charge in [-0.2, -0.15) is 0 Å². The van der Waals surface area contributed by atoms with Crippen LogP contribution in [0.3, 0.4) is 0 Å². The Morgan fingerprint density at radius 3 is 2.04 bits per heavy atom. The predicted octanol–water partition coefficient (Wildman–Crippen LogP) is 3.84. The minimum absolute atomic E-state index is 0.251. The average molecular weight is 315 g/mol. The third-order valence-electron chi connectivity index (χ3n) is 4.04. The molecule has 0 saturated heterocycles. The Labute approximate surface area is 138 Å². The van der Waals surface area contributed by atoms with Crippen molar-refractivity contribution in [1.82, 2.24) is 0 Å². The lowest BCUT2D eigenvalue weighted by Crippen LogP contribution is -2.22. The first-order chi connectivity index (χ1) is 11.7. The van der Waals surface area contributed by atoms with E-state index >= 15 is 0 Å². The number of hydrogen-bond donors (Lipinski definition) is 1. The molecule has 3 aromatic carbocycles. The Balaban J connectivity index is 1.89. The first-order valence-electron chi connectivity index (χ1n) is 7.50. The summed E-state index contributed by atoms with van der Waals surface area (Å²) in [7, 11) is 0. The van der Waals surface area contributed by atoms with Crippen LogP contribution in [0, 0.1) is 0 Å². The number of carbonyl (C=O) groups is 2. The van der Waals surface area contributed by atoms with Gasteiger partial charge in [0.25, 0.3) is 0 Å².